The third-order valence-corrected chi connectivity index (χ3v) is 7.64. The number of aliphatic carboxylic acids is 1. The molecule has 0 unspecified atom stereocenters. The van der Waals surface area contributed by atoms with E-state index >= 15 is 0 Å². The van der Waals surface area contributed by atoms with Gasteiger partial charge >= 0.3 is 12.1 Å². The number of rotatable bonds is 5. The minimum absolute atomic E-state index is 0.00492. The van der Waals surface area contributed by atoms with Gasteiger partial charge in [-0.1, -0.05) is 55.0 Å². The number of alkyl carbamates (subject to hydrolysis) is 1. The fraction of sp³-hybridized carbons (Fsp3) is 0.444. The number of carboxylic acids is 1. The maximum absolute atomic E-state index is 13.1. The Morgan fingerprint density at radius 3 is 2.15 bits per heavy atom. The second-order valence-corrected chi connectivity index (χ2v) is 9.55. The molecule has 2 amide bonds. The molecule has 2 fully saturated rings. The minimum Gasteiger partial charge on any atom is -0.481 e. The Morgan fingerprint density at radius 1 is 0.912 bits per heavy atom. The average Bonchev–Trinajstić information content (AvgIpc) is 3.45. The first-order chi connectivity index (χ1) is 16.5. The van der Waals surface area contributed by atoms with Crippen LogP contribution in [0.25, 0.3) is 11.1 Å². The molecule has 0 aromatic heterocycles. The summed E-state index contributed by atoms with van der Waals surface area (Å²) in [7, 11) is 0. The zero-order chi connectivity index (χ0) is 23.7. The summed E-state index contributed by atoms with van der Waals surface area (Å²) in [4.78, 5) is 38.8. The van der Waals surface area contributed by atoms with Gasteiger partial charge in [0.05, 0.1) is 11.8 Å². The third-order valence-electron chi connectivity index (χ3n) is 7.64. The van der Waals surface area contributed by atoms with Gasteiger partial charge in [-0.3, -0.25) is 9.59 Å². The van der Waals surface area contributed by atoms with Crippen molar-refractivity contribution in [1.29, 1.82) is 0 Å². The summed E-state index contributed by atoms with van der Waals surface area (Å²) in [6, 6.07) is 16.2. The van der Waals surface area contributed by atoms with Crippen LogP contribution in [0.15, 0.2) is 48.5 Å². The highest BCUT2D eigenvalue weighted by Crippen LogP contribution is 2.44. The number of amides is 2. The Kier molecular flexibility index (Phi) is 6.26. The standard InChI is InChI=1S/C27H30N2O5/c30-25(29-14-12-17(13-15-29)26(31)32)22-10-5-11-24(22)28-27(33)34-16-23-20-8-3-1-6-18(20)19-7-2-4-9-21(19)23/h1-4,6-9,17,22-24H,5,10-16H2,(H,28,33)(H,31,32)/t22-,24+/m0/s1. The molecule has 1 heterocycles. The quantitative estimate of drug-likeness (QED) is 0.700. The largest absolute Gasteiger partial charge is 0.481 e. The molecule has 2 N–H and O–H groups in total. The molecule has 0 radical (unpaired) electrons. The highest BCUT2D eigenvalue weighted by atomic mass is 16.5. The lowest BCUT2D eigenvalue weighted by Crippen LogP contribution is -2.48. The van der Waals surface area contributed by atoms with Crippen LogP contribution in [0.1, 0.15) is 49.1 Å². The lowest BCUT2D eigenvalue weighted by Gasteiger charge is -2.33. The van der Waals surface area contributed by atoms with E-state index in [0.717, 1.165) is 30.4 Å². The molecular weight excluding hydrogens is 432 g/mol. The number of carboxylic acid groups (broad SMARTS) is 1. The second-order valence-electron chi connectivity index (χ2n) is 9.55. The highest BCUT2D eigenvalue weighted by molar-refractivity contribution is 5.82. The molecule has 1 saturated heterocycles. The first kappa shape index (κ1) is 22.4. The number of ether oxygens (including phenoxy) is 1. The molecule has 0 bridgehead atoms. The van der Waals surface area contributed by atoms with Crippen molar-refractivity contribution in [3.8, 4) is 11.1 Å². The molecule has 178 valence electrons. The van der Waals surface area contributed by atoms with Crippen LogP contribution in [0, 0.1) is 11.8 Å². The maximum Gasteiger partial charge on any atom is 0.407 e. The van der Waals surface area contributed by atoms with Crippen molar-refractivity contribution in [3.63, 3.8) is 0 Å². The van der Waals surface area contributed by atoms with E-state index in [4.69, 9.17) is 4.74 Å². The number of carbonyl (C=O) groups excluding carboxylic acids is 2. The van der Waals surface area contributed by atoms with Gasteiger partial charge in [0.15, 0.2) is 0 Å². The van der Waals surface area contributed by atoms with Crippen molar-refractivity contribution in [3.05, 3.63) is 59.7 Å². The van der Waals surface area contributed by atoms with Gasteiger partial charge in [-0.2, -0.15) is 0 Å². The number of fused-ring (bicyclic) bond motifs is 3. The van der Waals surface area contributed by atoms with Crippen LogP contribution in [-0.4, -0.2) is 53.7 Å². The first-order valence-corrected chi connectivity index (χ1v) is 12.2. The Morgan fingerprint density at radius 2 is 1.53 bits per heavy atom. The number of likely N-dealkylation sites (tertiary alicyclic amines) is 1. The number of hydrogen-bond donors (Lipinski definition) is 2. The lowest BCUT2D eigenvalue weighted by atomic mass is 9.94. The van der Waals surface area contributed by atoms with Gasteiger partial charge in [0.1, 0.15) is 6.61 Å². The van der Waals surface area contributed by atoms with Gasteiger partial charge in [-0.15, -0.1) is 0 Å². The van der Waals surface area contributed by atoms with E-state index in [1.807, 2.05) is 24.3 Å². The minimum atomic E-state index is -0.789. The van der Waals surface area contributed by atoms with Crippen molar-refractivity contribution < 1.29 is 24.2 Å². The van der Waals surface area contributed by atoms with Gasteiger partial charge < -0.3 is 20.1 Å². The second kappa shape index (κ2) is 9.49. The molecule has 2 aromatic rings. The van der Waals surface area contributed by atoms with Crippen LogP contribution in [-0.2, 0) is 14.3 Å². The number of hydrogen-bond acceptors (Lipinski definition) is 4. The number of piperidine rings is 1. The third kappa shape index (κ3) is 4.27. The van der Waals surface area contributed by atoms with Crippen LogP contribution >= 0.6 is 0 Å². The highest BCUT2D eigenvalue weighted by Gasteiger charge is 2.38. The number of nitrogens with one attached hydrogen (secondary N) is 1. The summed E-state index contributed by atoms with van der Waals surface area (Å²) in [5.41, 5.74) is 4.69. The van der Waals surface area contributed by atoms with E-state index in [1.54, 1.807) is 4.90 Å². The molecule has 0 spiro atoms. The zero-order valence-corrected chi connectivity index (χ0v) is 19.1. The van der Waals surface area contributed by atoms with Gasteiger partial charge in [-0.05, 0) is 47.9 Å². The number of nitrogens with zero attached hydrogens (tertiary/aromatic N) is 1. The maximum atomic E-state index is 13.1. The van der Waals surface area contributed by atoms with Crippen LogP contribution in [0.2, 0.25) is 0 Å². The SMILES string of the molecule is O=C(N[C@@H]1CCC[C@@H]1C(=O)N1CCC(C(=O)O)CC1)OCC1c2ccccc2-c2ccccc21. The molecule has 34 heavy (non-hydrogen) atoms. The lowest BCUT2D eigenvalue weighted by molar-refractivity contribution is -0.146. The van der Waals surface area contributed by atoms with Crippen LogP contribution in [0.3, 0.4) is 0 Å². The van der Waals surface area contributed by atoms with Crippen LogP contribution in [0.4, 0.5) is 4.79 Å². The van der Waals surface area contributed by atoms with Crippen molar-refractivity contribution >= 4 is 18.0 Å². The Hall–Kier alpha value is -3.35. The number of carbonyl (C=O) groups is 3. The van der Waals surface area contributed by atoms with Crippen molar-refractivity contribution in [2.75, 3.05) is 19.7 Å². The molecule has 1 aliphatic heterocycles. The average molecular weight is 463 g/mol. The summed E-state index contributed by atoms with van der Waals surface area (Å²) < 4.78 is 5.68. The summed E-state index contributed by atoms with van der Waals surface area (Å²) in [6.07, 6.45) is 2.82. The normalized spacial score (nSPS) is 22.2. The smallest absolute Gasteiger partial charge is 0.407 e. The van der Waals surface area contributed by atoms with Crippen molar-refractivity contribution in [2.45, 2.75) is 44.1 Å². The van der Waals surface area contributed by atoms with E-state index in [9.17, 15) is 19.5 Å². The van der Waals surface area contributed by atoms with E-state index in [2.05, 4.69) is 29.6 Å². The molecule has 5 rings (SSSR count). The van der Waals surface area contributed by atoms with E-state index in [0.29, 0.717) is 25.9 Å². The van der Waals surface area contributed by atoms with Crippen LogP contribution < -0.4 is 5.32 Å². The summed E-state index contributed by atoms with van der Waals surface area (Å²) in [5, 5.41) is 12.1. The van der Waals surface area contributed by atoms with E-state index in [-0.39, 0.29) is 36.3 Å². The molecular formula is C27H30N2O5. The molecule has 7 nitrogen and oxygen atoms in total. The zero-order valence-electron chi connectivity index (χ0n) is 19.1. The van der Waals surface area contributed by atoms with Crippen molar-refractivity contribution in [2.24, 2.45) is 11.8 Å². The Balaban J connectivity index is 1.18. The predicted octanol–water partition coefficient (Wildman–Crippen LogP) is 4.02. The molecule has 2 aromatic carbocycles. The summed E-state index contributed by atoms with van der Waals surface area (Å²) >= 11 is 0. The predicted molar refractivity (Wildman–Crippen MR) is 126 cm³/mol. The molecule has 3 aliphatic rings. The molecule has 2 atom stereocenters. The molecule has 1 saturated carbocycles. The summed E-state index contributed by atoms with van der Waals surface area (Å²) in [6.45, 7) is 1.17. The van der Waals surface area contributed by atoms with Gasteiger partial charge in [-0.25, -0.2) is 4.79 Å². The monoisotopic (exact) mass is 462 g/mol. The first-order valence-electron chi connectivity index (χ1n) is 12.2. The van der Waals surface area contributed by atoms with Gasteiger partial charge in [0.25, 0.3) is 0 Å². The van der Waals surface area contributed by atoms with E-state index in [1.165, 1.54) is 11.1 Å². The van der Waals surface area contributed by atoms with E-state index < -0.39 is 12.1 Å². The Labute approximate surface area is 199 Å². The van der Waals surface area contributed by atoms with Gasteiger partial charge in [0, 0.05) is 25.0 Å². The fourth-order valence-corrected chi connectivity index (χ4v) is 5.80. The van der Waals surface area contributed by atoms with Crippen LogP contribution in [0.5, 0.6) is 0 Å². The van der Waals surface area contributed by atoms with Crippen molar-refractivity contribution in [1.82, 2.24) is 10.2 Å². The molecule has 7 heteroatoms. The molecule has 2 aliphatic carbocycles. The fourth-order valence-electron chi connectivity index (χ4n) is 5.80. The van der Waals surface area contributed by atoms with Gasteiger partial charge in [0.2, 0.25) is 5.91 Å². The topological polar surface area (TPSA) is 95.9 Å². The summed E-state index contributed by atoms with van der Waals surface area (Å²) in [5.74, 6) is -1.42. The Bertz CT molecular complexity index is 1050. The number of benzene rings is 2.